The number of hydrogen-bond donors (Lipinski definition) is 0. The first-order valence-electron chi connectivity index (χ1n) is 7.10. The predicted octanol–water partition coefficient (Wildman–Crippen LogP) is 4.39. The van der Waals surface area contributed by atoms with Crippen molar-refractivity contribution in [3.63, 3.8) is 0 Å². The van der Waals surface area contributed by atoms with Crippen molar-refractivity contribution < 1.29 is 13.9 Å². The van der Waals surface area contributed by atoms with Gasteiger partial charge in [0.2, 0.25) is 0 Å². The number of carbonyl (C=O) groups is 1. The van der Waals surface area contributed by atoms with Crippen LogP contribution in [0.15, 0.2) is 24.3 Å². The molecule has 0 aliphatic carbocycles. The van der Waals surface area contributed by atoms with Crippen LogP contribution in [-0.4, -0.2) is 19.0 Å². The molecule has 0 N–H and O–H groups in total. The van der Waals surface area contributed by atoms with Gasteiger partial charge in [0.25, 0.3) is 0 Å². The molecule has 0 fully saturated rings. The van der Waals surface area contributed by atoms with E-state index in [1.807, 2.05) is 0 Å². The van der Waals surface area contributed by atoms with Gasteiger partial charge in [-0.25, -0.2) is 4.39 Å². The normalized spacial score (nSPS) is 10.6. The highest BCUT2D eigenvalue weighted by molar-refractivity contribution is 5.96. The molecule has 1 aromatic carbocycles. The Bertz CT molecular complexity index is 360. The Morgan fingerprint density at radius 3 is 2.42 bits per heavy atom. The molecule has 2 nitrogen and oxygen atoms in total. The molecule has 1 rings (SSSR count). The van der Waals surface area contributed by atoms with Crippen LogP contribution in [0.3, 0.4) is 0 Å². The molecule has 0 bridgehead atoms. The smallest absolute Gasteiger partial charge is 0.165 e. The van der Waals surface area contributed by atoms with Gasteiger partial charge in [0.15, 0.2) is 5.78 Å². The zero-order chi connectivity index (χ0) is 13.9. The van der Waals surface area contributed by atoms with E-state index in [0.29, 0.717) is 18.6 Å². The lowest BCUT2D eigenvalue weighted by atomic mass is 10.1. The van der Waals surface area contributed by atoms with E-state index in [2.05, 4.69) is 6.92 Å². The Morgan fingerprint density at radius 1 is 1.05 bits per heavy atom. The molecule has 0 amide bonds. The fourth-order valence-electron chi connectivity index (χ4n) is 1.85. The molecule has 0 saturated heterocycles. The van der Waals surface area contributed by atoms with Gasteiger partial charge in [-0.15, -0.1) is 0 Å². The number of ether oxygens (including phenoxy) is 1. The van der Waals surface area contributed by atoms with Crippen molar-refractivity contribution in [2.24, 2.45) is 0 Å². The summed E-state index contributed by atoms with van der Waals surface area (Å²) in [4.78, 5) is 11.7. The fourth-order valence-corrected chi connectivity index (χ4v) is 1.85. The largest absolute Gasteiger partial charge is 0.381 e. The Hall–Kier alpha value is -1.22. The Balaban J connectivity index is 2.06. The number of ketones is 1. The summed E-state index contributed by atoms with van der Waals surface area (Å²) in [5, 5.41) is 0. The lowest BCUT2D eigenvalue weighted by Gasteiger charge is -2.04. The molecule has 1 aromatic rings. The number of unbranched alkanes of at least 4 members (excludes halogenated alkanes) is 4. The number of Topliss-reactive ketones (excluding diaryl/α,β-unsaturated/α-hetero) is 1. The molecular formula is C16H23FO2. The third-order valence-corrected chi connectivity index (χ3v) is 3.03. The molecule has 0 aliphatic heterocycles. The van der Waals surface area contributed by atoms with Gasteiger partial charge in [0.05, 0.1) is 6.61 Å². The Kier molecular flexibility index (Phi) is 8.07. The number of halogens is 1. The van der Waals surface area contributed by atoms with Crippen molar-refractivity contribution in [2.45, 2.75) is 45.4 Å². The van der Waals surface area contributed by atoms with Crippen molar-refractivity contribution in [3.05, 3.63) is 35.6 Å². The molecule has 106 valence electrons. The quantitative estimate of drug-likeness (QED) is 0.464. The summed E-state index contributed by atoms with van der Waals surface area (Å²) in [6.45, 7) is 3.36. The van der Waals surface area contributed by atoms with E-state index in [1.54, 1.807) is 0 Å². The van der Waals surface area contributed by atoms with Gasteiger partial charge in [-0.1, -0.05) is 32.6 Å². The second-order valence-corrected chi connectivity index (χ2v) is 4.71. The molecule has 0 atom stereocenters. The maximum absolute atomic E-state index is 12.7. The SMILES string of the molecule is CCCCCCCOCCC(=O)c1ccc(F)cc1. The summed E-state index contributed by atoms with van der Waals surface area (Å²) in [7, 11) is 0. The molecule has 0 radical (unpaired) electrons. The average Bonchev–Trinajstić information content (AvgIpc) is 2.42. The minimum Gasteiger partial charge on any atom is -0.381 e. The van der Waals surface area contributed by atoms with Crippen LogP contribution in [0.25, 0.3) is 0 Å². The second-order valence-electron chi connectivity index (χ2n) is 4.71. The minimum atomic E-state index is -0.320. The molecule has 0 heterocycles. The summed E-state index contributed by atoms with van der Waals surface area (Å²) in [5.41, 5.74) is 0.549. The van der Waals surface area contributed by atoms with Gasteiger partial charge in [-0.3, -0.25) is 4.79 Å². The number of hydrogen-bond acceptors (Lipinski definition) is 2. The number of benzene rings is 1. The van der Waals surface area contributed by atoms with Crippen LogP contribution < -0.4 is 0 Å². The highest BCUT2D eigenvalue weighted by Gasteiger charge is 2.05. The molecule has 0 spiro atoms. The molecule has 0 unspecified atom stereocenters. The average molecular weight is 266 g/mol. The minimum absolute atomic E-state index is 0.00554. The molecule has 19 heavy (non-hydrogen) atoms. The van der Waals surface area contributed by atoms with Gasteiger partial charge >= 0.3 is 0 Å². The van der Waals surface area contributed by atoms with Crippen LogP contribution in [0, 0.1) is 5.82 Å². The summed E-state index contributed by atoms with van der Waals surface area (Å²) in [6, 6.07) is 5.65. The zero-order valence-electron chi connectivity index (χ0n) is 11.7. The summed E-state index contributed by atoms with van der Waals surface area (Å²) < 4.78 is 18.1. The second kappa shape index (κ2) is 9.68. The molecule has 0 aromatic heterocycles. The maximum atomic E-state index is 12.7. The molecule has 3 heteroatoms. The van der Waals surface area contributed by atoms with Crippen molar-refractivity contribution in [2.75, 3.05) is 13.2 Å². The van der Waals surface area contributed by atoms with E-state index < -0.39 is 0 Å². The van der Waals surface area contributed by atoms with Gasteiger partial charge in [0.1, 0.15) is 5.82 Å². The van der Waals surface area contributed by atoms with Crippen LogP contribution in [0.1, 0.15) is 55.8 Å². The van der Waals surface area contributed by atoms with Crippen LogP contribution in [-0.2, 0) is 4.74 Å². The summed E-state index contributed by atoms with van der Waals surface area (Å²) >= 11 is 0. The summed E-state index contributed by atoms with van der Waals surface area (Å²) in [6.07, 6.45) is 6.40. The standard InChI is InChI=1S/C16H23FO2/c1-2-3-4-5-6-12-19-13-11-16(18)14-7-9-15(17)10-8-14/h7-10H,2-6,11-13H2,1H3. The third-order valence-electron chi connectivity index (χ3n) is 3.03. The van der Waals surface area contributed by atoms with Crippen LogP contribution >= 0.6 is 0 Å². The van der Waals surface area contributed by atoms with E-state index >= 15 is 0 Å². The van der Waals surface area contributed by atoms with Crippen molar-refractivity contribution >= 4 is 5.78 Å². The number of carbonyl (C=O) groups excluding carboxylic acids is 1. The van der Waals surface area contributed by atoms with E-state index in [0.717, 1.165) is 13.0 Å². The van der Waals surface area contributed by atoms with Gasteiger partial charge in [-0.05, 0) is 30.7 Å². The van der Waals surface area contributed by atoms with Gasteiger partial charge in [-0.2, -0.15) is 0 Å². The first-order chi connectivity index (χ1) is 9.24. The topological polar surface area (TPSA) is 26.3 Å². The molecule has 0 aliphatic rings. The zero-order valence-corrected chi connectivity index (χ0v) is 11.7. The monoisotopic (exact) mass is 266 g/mol. The first-order valence-corrected chi connectivity index (χ1v) is 7.10. The third kappa shape index (κ3) is 7.06. The molecular weight excluding hydrogens is 243 g/mol. The van der Waals surface area contributed by atoms with Crippen LogP contribution in [0.4, 0.5) is 4.39 Å². The highest BCUT2D eigenvalue weighted by atomic mass is 19.1. The van der Waals surface area contributed by atoms with Gasteiger partial charge in [0, 0.05) is 18.6 Å². The van der Waals surface area contributed by atoms with Crippen LogP contribution in [0.2, 0.25) is 0 Å². The van der Waals surface area contributed by atoms with Crippen molar-refractivity contribution in [3.8, 4) is 0 Å². The summed E-state index contributed by atoms with van der Waals surface area (Å²) in [5.74, 6) is -0.314. The Morgan fingerprint density at radius 2 is 1.74 bits per heavy atom. The Labute approximate surface area is 115 Å². The van der Waals surface area contributed by atoms with Crippen molar-refractivity contribution in [1.82, 2.24) is 0 Å². The highest BCUT2D eigenvalue weighted by Crippen LogP contribution is 2.06. The van der Waals surface area contributed by atoms with Crippen molar-refractivity contribution in [1.29, 1.82) is 0 Å². The lowest BCUT2D eigenvalue weighted by Crippen LogP contribution is -2.05. The molecule has 0 saturated carbocycles. The van der Waals surface area contributed by atoms with Gasteiger partial charge < -0.3 is 4.74 Å². The lowest BCUT2D eigenvalue weighted by molar-refractivity contribution is 0.0871. The van der Waals surface area contributed by atoms with E-state index in [-0.39, 0.29) is 11.6 Å². The predicted molar refractivity (Wildman–Crippen MR) is 74.9 cm³/mol. The first kappa shape index (κ1) is 15.8. The van der Waals surface area contributed by atoms with Crippen LogP contribution in [0.5, 0.6) is 0 Å². The maximum Gasteiger partial charge on any atom is 0.165 e. The van der Waals surface area contributed by atoms with E-state index in [9.17, 15) is 9.18 Å². The van der Waals surface area contributed by atoms with E-state index in [1.165, 1.54) is 49.9 Å². The number of rotatable bonds is 10. The van der Waals surface area contributed by atoms with E-state index in [4.69, 9.17) is 4.74 Å². The fraction of sp³-hybridized carbons (Fsp3) is 0.562.